The van der Waals surface area contributed by atoms with Crippen molar-refractivity contribution in [2.75, 3.05) is 0 Å². The predicted molar refractivity (Wildman–Crippen MR) is 110 cm³/mol. The molecule has 4 rings (SSSR count). The van der Waals surface area contributed by atoms with Gasteiger partial charge in [-0.2, -0.15) is 4.98 Å². The zero-order chi connectivity index (χ0) is 20.2. The number of rotatable bonds is 4. The molecule has 0 radical (unpaired) electrons. The Morgan fingerprint density at radius 3 is 2.39 bits per heavy atom. The molecule has 28 heavy (non-hydrogen) atoms. The minimum Gasteiger partial charge on any atom is -0.307 e. The van der Waals surface area contributed by atoms with Crippen LogP contribution in [0.15, 0.2) is 39.9 Å². The Morgan fingerprint density at radius 2 is 1.75 bits per heavy atom. The number of fused-ring (bicyclic) bond motifs is 3. The van der Waals surface area contributed by atoms with E-state index in [-0.39, 0.29) is 17.3 Å². The maximum absolute atomic E-state index is 13.2. The van der Waals surface area contributed by atoms with E-state index in [9.17, 15) is 9.59 Å². The van der Waals surface area contributed by atoms with Gasteiger partial charge in [0.2, 0.25) is 5.78 Å². The van der Waals surface area contributed by atoms with E-state index in [1.807, 2.05) is 43.4 Å². The lowest BCUT2D eigenvalue weighted by molar-refractivity contribution is 0.592. The summed E-state index contributed by atoms with van der Waals surface area (Å²) >= 11 is 0. The second-order valence-corrected chi connectivity index (χ2v) is 7.35. The molecule has 0 unspecified atom stereocenters. The predicted octanol–water partition coefficient (Wildman–Crippen LogP) is 2.79. The molecule has 7 heteroatoms. The van der Waals surface area contributed by atoms with Crippen LogP contribution in [0, 0.1) is 13.8 Å². The molecule has 3 aromatic heterocycles. The van der Waals surface area contributed by atoms with Crippen LogP contribution in [0.25, 0.3) is 16.9 Å². The van der Waals surface area contributed by atoms with Gasteiger partial charge in [-0.1, -0.05) is 37.3 Å². The SMILES string of the molecule is CCCn1c(=O)c2c(nc3n([C@@H](C)c4ccccc4)c(C)c(C)n23)n(C)c1=O. The highest BCUT2D eigenvalue weighted by Crippen LogP contribution is 2.27. The highest BCUT2D eigenvalue weighted by molar-refractivity contribution is 5.76. The second-order valence-electron chi connectivity index (χ2n) is 7.35. The summed E-state index contributed by atoms with van der Waals surface area (Å²) in [6.07, 6.45) is 0.715. The van der Waals surface area contributed by atoms with Gasteiger partial charge in [0, 0.05) is 25.0 Å². The molecule has 1 aromatic carbocycles. The van der Waals surface area contributed by atoms with E-state index >= 15 is 0 Å². The van der Waals surface area contributed by atoms with Gasteiger partial charge in [-0.25, -0.2) is 4.79 Å². The molecule has 0 aliphatic carbocycles. The Morgan fingerprint density at radius 1 is 1.07 bits per heavy atom. The molecule has 146 valence electrons. The van der Waals surface area contributed by atoms with Crippen molar-refractivity contribution < 1.29 is 0 Å². The van der Waals surface area contributed by atoms with Crippen molar-refractivity contribution in [2.45, 2.75) is 46.7 Å². The van der Waals surface area contributed by atoms with E-state index < -0.39 is 0 Å². The van der Waals surface area contributed by atoms with Crippen LogP contribution in [0.4, 0.5) is 0 Å². The van der Waals surface area contributed by atoms with E-state index in [1.165, 1.54) is 9.13 Å². The van der Waals surface area contributed by atoms with Gasteiger partial charge in [0.1, 0.15) is 0 Å². The number of benzene rings is 1. The summed E-state index contributed by atoms with van der Waals surface area (Å²) in [6, 6.07) is 10.2. The third-order valence-corrected chi connectivity index (χ3v) is 5.68. The van der Waals surface area contributed by atoms with Gasteiger partial charge >= 0.3 is 5.69 Å². The number of hydrogen-bond acceptors (Lipinski definition) is 3. The van der Waals surface area contributed by atoms with Gasteiger partial charge in [0.25, 0.3) is 5.56 Å². The van der Waals surface area contributed by atoms with Gasteiger partial charge in [-0.15, -0.1) is 0 Å². The lowest BCUT2D eigenvalue weighted by atomic mass is 10.1. The molecule has 0 N–H and O–H groups in total. The van der Waals surface area contributed by atoms with E-state index in [4.69, 9.17) is 4.98 Å². The standard InChI is InChI=1S/C21H25N5O2/c1-6-12-24-19(27)17-18(23(5)21(24)28)22-20-25(13(2)14(3)26(17)20)15(4)16-10-8-7-9-11-16/h7-11,15H,6,12H2,1-5H3/t15-/m0/s1. The average molecular weight is 379 g/mol. The fourth-order valence-corrected chi connectivity index (χ4v) is 4.04. The van der Waals surface area contributed by atoms with Gasteiger partial charge < -0.3 is 4.57 Å². The van der Waals surface area contributed by atoms with E-state index in [0.29, 0.717) is 29.9 Å². The molecule has 0 aliphatic rings. The Labute approximate surface area is 162 Å². The first kappa shape index (κ1) is 18.3. The molecule has 0 aliphatic heterocycles. The molecule has 4 aromatic rings. The minimum absolute atomic E-state index is 0.0455. The molecule has 0 saturated carbocycles. The first-order valence-corrected chi connectivity index (χ1v) is 9.62. The van der Waals surface area contributed by atoms with Gasteiger partial charge in [0.05, 0.1) is 6.04 Å². The number of aromatic nitrogens is 5. The van der Waals surface area contributed by atoms with Crippen LogP contribution in [0.5, 0.6) is 0 Å². The van der Waals surface area contributed by atoms with Crippen molar-refractivity contribution in [2.24, 2.45) is 7.05 Å². The summed E-state index contributed by atoms with van der Waals surface area (Å²) in [5, 5.41) is 0. The van der Waals surface area contributed by atoms with Gasteiger partial charge in [-0.05, 0) is 32.8 Å². The topological polar surface area (TPSA) is 66.2 Å². The quantitative estimate of drug-likeness (QED) is 0.548. The van der Waals surface area contributed by atoms with E-state index in [1.54, 1.807) is 7.05 Å². The first-order chi connectivity index (χ1) is 13.4. The highest BCUT2D eigenvalue weighted by Gasteiger charge is 2.24. The van der Waals surface area contributed by atoms with Crippen LogP contribution in [-0.4, -0.2) is 23.1 Å². The molecular formula is C21H25N5O2. The third-order valence-electron chi connectivity index (χ3n) is 5.68. The van der Waals surface area contributed by atoms with Crippen LogP contribution in [0.2, 0.25) is 0 Å². The van der Waals surface area contributed by atoms with Crippen molar-refractivity contribution in [3.05, 3.63) is 68.1 Å². The molecule has 0 fully saturated rings. The number of imidazole rings is 2. The fraction of sp³-hybridized carbons (Fsp3) is 0.381. The number of nitrogens with zero attached hydrogens (tertiary/aromatic N) is 5. The molecule has 0 spiro atoms. The van der Waals surface area contributed by atoms with Crippen molar-refractivity contribution in [3.63, 3.8) is 0 Å². The minimum atomic E-state index is -0.322. The Hall–Kier alpha value is -3.09. The van der Waals surface area contributed by atoms with Crippen LogP contribution < -0.4 is 11.2 Å². The molecule has 7 nitrogen and oxygen atoms in total. The van der Waals surface area contributed by atoms with E-state index in [0.717, 1.165) is 17.0 Å². The van der Waals surface area contributed by atoms with Crippen molar-refractivity contribution in [3.8, 4) is 0 Å². The molecule has 3 heterocycles. The third kappa shape index (κ3) is 2.38. The Bertz CT molecular complexity index is 1300. The second kappa shape index (κ2) is 6.51. The van der Waals surface area contributed by atoms with Crippen LogP contribution in [0.1, 0.15) is 43.3 Å². The van der Waals surface area contributed by atoms with Crippen LogP contribution in [0.3, 0.4) is 0 Å². The normalized spacial score (nSPS) is 12.9. The summed E-state index contributed by atoms with van der Waals surface area (Å²) in [7, 11) is 1.68. The van der Waals surface area contributed by atoms with Crippen molar-refractivity contribution >= 4 is 16.9 Å². The number of hydrogen-bond donors (Lipinski definition) is 0. The lowest BCUT2D eigenvalue weighted by Crippen LogP contribution is -2.39. The van der Waals surface area contributed by atoms with Crippen LogP contribution in [-0.2, 0) is 13.6 Å². The molecule has 0 saturated heterocycles. The first-order valence-electron chi connectivity index (χ1n) is 9.62. The lowest BCUT2D eigenvalue weighted by Gasteiger charge is -2.16. The summed E-state index contributed by atoms with van der Waals surface area (Å²) < 4.78 is 6.83. The van der Waals surface area contributed by atoms with Gasteiger partial charge in [0.15, 0.2) is 11.2 Å². The molecule has 0 amide bonds. The highest BCUT2D eigenvalue weighted by atomic mass is 16.2. The summed E-state index contributed by atoms with van der Waals surface area (Å²) in [5.41, 5.74) is 3.46. The van der Waals surface area contributed by atoms with Crippen molar-refractivity contribution in [1.82, 2.24) is 23.1 Å². The smallest absolute Gasteiger partial charge is 0.307 e. The van der Waals surface area contributed by atoms with Crippen LogP contribution >= 0.6 is 0 Å². The molecular weight excluding hydrogens is 354 g/mol. The summed E-state index contributed by atoms with van der Waals surface area (Å²) in [4.78, 5) is 30.6. The van der Waals surface area contributed by atoms with E-state index in [2.05, 4.69) is 23.6 Å². The maximum atomic E-state index is 13.2. The summed E-state index contributed by atoms with van der Waals surface area (Å²) in [5.74, 6) is 0.683. The maximum Gasteiger partial charge on any atom is 0.332 e. The van der Waals surface area contributed by atoms with Gasteiger partial charge in [-0.3, -0.25) is 18.3 Å². The Kier molecular flexibility index (Phi) is 4.25. The zero-order valence-electron chi connectivity index (χ0n) is 16.9. The summed E-state index contributed by atoms with van der Waals surface area (Å²) in [6.45, 7) is 8.51. The molecule has 1 atom stereocenters. The monoisotopic (exact) mass is 379 g/mol. The average Bonchev–Trinajstić information content (AvgIpc) is 3.19. The number of aryl methyl sites for hydroxylation is 2. The largest absolute Gasteiger partial charge is 0.332 e. The fourth-order valence-electron chi connectivity index (χ4n) is 4.04. The zero-order valence-corrected chi connectivity index (χ0v) is 16.9. The Balaban J connectivity index is 2.12. The molecule has 0 bridgehead atoms. The van der Waals surface area contributed by atoms with Crippen molar-refractivity contribution in [1.29, 1.82) is 0 Å².